The van der Waals surface area contributed by atoms with Crippen LogP contribution >= 0.6 is 0 Å². The molecule has 0 aliphatic rings. The Bertz CT molecular complexity index is 78.6. The van der Waals surface area contributed by atoms with E-state index in [1.165, 1.54) is 0 Å². The van der Waals surface area contributed by atoms with Crippen molar-refractivity contribution in [2.24, 2.45) is 11.7 Å². The van der Waals surface area contributed by atoms with Gasteiger partial charge in [-0.05, 0) is 12.0 Å². The Morgan fingerprint density at radius 2 is 2.00 bits per heavy atom. The highest BCUT2D eigenvalue weighted by Crippen LogP contribution is 1.97. The van der Waals surface area contributed by atoms with E-state index in [4.69, 9.17) is 10.8 Å². The van der Waals surface area contributed by atoms with E-state index < -0.39 is 0 Å². The molecule has 2 nitrogen and oxygen atoms in total. The smallest absolute Gasteiger partial charge is 0.0767 e. The second-order valence-corrected chi connectivity index (χ2v) is 2.16. The Hall–Kier alpha value is -0.500. The highest BCUT2D eigenvalue weighted by Gasteiger charge is 2.00. The Kier molecular flexibility index (Phi) is 3.28. The summed E-state index contributed by atoms with van der Waals surface area (Å²) in [4.78, 5) is 0. The third kappa shape index (κ3) is 2.64. The Morgan fingerprint density at radius 3 is 2.12 bits per heavy atom. The van der Waals surface area contributed by atoms with Gasteiger partial charge in [0.2, 0.25) is 0 Å². The number of hydrogen-bond donors (Lipinski definition) is 2. The van der Waals surface area contributed by atoms with Crippen LogP contribution in [0.15, 0.2) is 12.3 Å². The molecule has 8 heavy (non-hydrogen) atoms. The van der Waals surface area contributed by atoms with Crippen LogP contribution in [0.1, 0.15) is 13.8 Å². The van der Waals surface area contributed by atoms with E-state index in [-0.39, 0.29) is 6.04 Å². The summed E-state index contributed by atoms with van der Waals surface area (Å²) in [6.07, 6.45) is 2.56. The van der Waals surface area contributed by atoms with Crippen molar-refractivity contribution in [2.45, 2.75) is 19.9 Å². The number of rotatable bonds is 2. The molecule has 0 saturated heterocycles. The van der Waals surface area contributed by atoms with Gasteiger partial charge in [0.15, 0.2) is 0 Å². The van der Waals surface area contributed by atoms with Crippen LogP contribution in [0.4, 0.5) is 0 Å². The zero-order valence-electron chi connectivity index (χ0n) is 5.33. The molecular weight excluding hydrogens is 102 g/mol. The van der Waals surface area contributed by atoms with Crippen molar-refractivity contribution in [2.75, 3.05) is 0 Å². The fourth-order valence-corrected chi connectivity index (χ4v) is 0.322. The van der Waals surface area contributed by atoms with Crippen LogP contribution in [0, 0.1) is 5.92 Å². The van der Waals surface area contributed by atoms with Gasteiger partial charge in [0, 0.05) is 6.04 Å². The first kappa shape index (κ1) is 7.50. The zero-order valence-corrected chi connectivity index (χ0v) is 5.33. The normalized spacial score (nSPS) is 15.5. The van der Waals surface area contributed by atoms with Crippen LogP contribution in [0.5, 0.6) is 0 Å². The van der Waals surface area contributed by atoms with Gasteiger partial charge in [-0.25, -0.2) is 0 Å². The van der Waals surface area contributed by atoms with Crippen molar-refractivity contribution in [3.05, 3.63) is 12.3 Å². The third-order valence-electron chi connectivity index (χ3n) is 1.08. The standard InChI is InChI=1S/C6H13NO/c1-5(2)6(7)3-4-8/h3-6,8H,7H2,1-2H3. The number of hydrogen-bond acceptors (Lipinski definition) is 2. The maximum Gasteiger partial charge on any atom is 0.0767 e. The lowest BCUT2D eigenvalue weighted by Gasteiger charge is -2.07. The number of aliphatic hydroxyl groups is 1. The first-order valence-corrected chi connectivity index (χ1v) is 2.75. The van der Waals surface area contributed by atoms with Crippen LogP contribution < -0.4 is 5.73 Å². The highest BCUT2D eigenvalue weighted by atomic mass is 16.2. The molecule has 0 aromatic heterocycles. The minimum atomic E-state index is -0.0139. The van der Waals surface area contributed by atoms with Crippen LogP contribution in [0.3, 0.4) is 0 Å². The first-order chi connectivity index (χ1) is 3.68. The van der Waals surface area contributed by atoms with Crippen LogP contribution in [0.2, 0.25) is 0 Å². The summed E-state index contributed by atoms with van der Waals surface area (Å²) in [7, 11) is 0. The molecule has 1 atom stereocenters. The monoisotopic (exact) mass is 115 g/mol. The summed E-state index contributed by atoms with van der Waals surface area (Å²) >= 11 is 0. The van der Waals surface area contributed by atoms with Gasteiger partial charge in [-0.15, -0.1) is 0 Å². The molecule has 3 N–H and O–H groups in total. The second kappa shape index (κ2) is 3.50. The van der Waals surface area contributed by atoms with Gasteiger partial charge in [-0.3, -0.25) is 0 Å². The summed E-state index contributed by atoms with van der Waals surface area (Å²) in [5, 5.41) is 8.22. The van der Waals surface area contributed by atoms with E-state index in [9.17, 15) is 0 Å². The fourth-order valence-electron chi connectivity index (χ4n) is 0.322. The Balaban J connectivity index is 3.47. The summed E-state index contributed by atoms with van der Waals surface area (Å²) in [6.45, 7) is 4.01. The van der Waals surface area contributed by atoms with Gasteiger partial charge >= 0.3 is 0 Å². The molecule has 0 aliphatic carbocycles. The lowest BCUT2D eigenvalue weighted by atomic mass is 10.1. The largest absolute Gasteiger partial charge is 0.516 e. The number of aliphatic hydroxyl groups excluding tert-OH is 1. The molecule has 0 spiro atoms. The van der Waals surface area contributed by atoms with E-state index in [1.54, 1.807) is 6.08 Å². The highest BCUT2D eigenvalue weighted by molar-refractivity contribution is 4.87. The minimum Gasteiger partial charge on any atom is -0.516 e. The summed E-state index contributed by atoms with van der Waals surface area (Å²) in [5.41, 5.74) is 5.48. The molecule has 0 rings (SSSR count). The molecule has 0 aromatic rings. The topological polar surface area (TPSA) is 46.2 Å². The quantitative estimate of drug-likeness (QED) is 0.528. The summed E-state index contributed by atoms with van der Waals surface area (Å²) in [5.74, 6) is 0.401. The van der Waals surface area contributed by atoms with Gasteiger partial charge in [-0.2, -0.15) is 0 Å². The van der Waals surface area contributed by atoms with Crippen molar-refractivity contribution in [3.63, 3.8) is 0 Å². The van der Waals surface area contributed by atoms with Crippen molar-refractivity contribution in [1.82, 2.24) is 0 Å². The zero-order chi connectivity index (χ0) is 6.57. The fraction of sp³-hybridized carbons (Fsp3) is 0.667. The third-order valence-corrected chi connectivity index (χ3v) is 1.08. The lowest BCUT2D eigenvalue weighted by molar-refractivity contribution is 0.460. The molecular formula is C6H13NO. The van der Waals surface area contributed by atoms with Crippen molar-refractivity contribution < 1.29 is 5.11 Å². The molecule has 0 fully saturated rings. The lowest BCUT2D eigenvalue weighted by Crippen LogP contribution is -2.23. The van der Waals surface area contributed by atoms with Gasteiger partial charge in [-0.1, -0.05) is 13.8 Å². The van der Waals surface area contributed by atoms with E-state index >= 15 is 0 Å². The van der Waals surface area contributed by atoms with Gasteiger partial charge in [0.05, 0.1) is 6.26 Å². The van der Waals surface area contributed by atoms with E-state index in [0.29, 0.717) is 5.92 Å². The van der Waals surface area contributed by atoms with Gasteiger partial charge < -0.3 is 10.8 Å². The van der Waals surface area contributed by atoms with Crippen LogP contribution in [-0.2, 0) is 0 Å². The molecule has 2 heteroatoms. The molecule has 48 valence electrons. The maximum atomic E-state index is 8.22. The molecule has 1 unspecified atom stereocenters. The maximum absolute atomic E-state index is 8.22. The van der Waals surface area contributed by atoms with Crippen molar-refractivity contribution in [1.29, 1.82) is 0 Å². The summed E-state index contributed by atoms with van der Waals surface area (Å²) < 4.78 is 0. The Morgan fingerprint density at radius 1 is 1.50 bits per heavy atom. The van der Waals surface area contributed by atoms with Gasteiger partial charge in [0.1, 0.15) is 0 Å². The average Bonchev–Trinajstić information content (AvgIpc) is 1.67. The van der Waals surface area contributed by atoms with Gasteiger partial charge in [0.25, 0.3) is 0 Å². The van der Waals surface area contributed by atoms with E-state index in [0.717, 1.165) is 6.26 Å². The SMILES string of the molecule is CC(C)C(N)C=CO. The van der Waals surface area contributed by atoms with Crippen LogP contribution in [0.25, 0.3) is 0 Å². The molecule has 0 bridgehead atoms. The van der Waals surface area contributed by atoms with E-state index in [1.807, 2.05) is 13.8 Å². The Labute approximate surface area is 50.0 Å². The predicted octanol–water partition coefficient (Wildman–Crippen LogP) is 1.04. The van der Waals surface area contributed by atoms with Crippen molar-refractivity contribution in [3.8, 4) is 0 Å². The molecule has 0 heterocycles. The van der Waals surface area contributed by atoms with E-state index in [2.05, 4.69) is 0 Å². The molecule has 0 aromatic carbocycles. The molecule has 0 aliphatic heterocycles. The number of nitrogens with two attached hydrogens (primary N) is 1. The average molecular weight is 115 g/mol. The molecule has 0 radical (unpaired) electrons. The van der Waals surface area contributed by atoms with Crippen LogP contribution in [-0.4, -0.2) is 11.1 Å². The summed E-state index contributed by atoms with van der Waals surface area (Å²) in [6, 6.07) is -0.0139. The minimum absolute atomic E-state index is 0.0139. The van der Waals surface area contributed by atoms with Crippen molar-refractivity contribution >= 4 is 0 Å². The second-order valence-electron chi connectivity index (χ2n) is 2.16. The molecule has 0 amide bonds. The predicted molar refractivity (Wildman–Crippen MR) is 34.6 cm³/mol. The molecule has 0 saturated carbocycles. The first-order valence-electron chi connectivity index (χ1n) is 2.75.